The number of hydrogen-bond acceptors (Lipinski definition) is 5. The minimum absolute atomic E-state index is 0.0129. The van der Waals surface area contributed by atoms with E-state index in [-0.39, 0.29) is 17.8 Å². The number of carbonyl (C=O) groups is 1. The molecule has 0 saturated heterocycles. The van der Waals surface area contributed by atoms with Crippen molar-refractivity contribution >= 4 is 29.2 Å². The number of aromatic nitrogens is 1. The molecule has 4 rings (SSSR count). The van der Waals surface area contributed by atoms with Gasteiger partial charge >= 0.3 is 6.18 Å². The third-order valence-electron chi connectivity index (χ3n) is 5.24. The smallest absolute Gasteiger partial charge is 0.355 e. The van der Waals surface area contributed by atoms with Crippen LogP contribution in [0.5, 0.6) is 0 Å². The van der Waals surface area contributed by atoms with E-state index in [0.717, 1.165) is 17.0 Å². The minimum atomic E-state index is -4.74. The highest BCUT2D eigenvalue weighted by molar-refractivity contribution is 7.13. The number of carbonyl (C=O) groups excluding carboxylic acids is 1. The topological polar surface area (TPSA) is 70.5 Å². The normalized spacial score (nSPS) is 16.4. The van der Waals surface area contributed by atoms with Crippen molar-refractivity contribution in [2.24, 2.45) is 5.10 Å². The number of amides is 1. The van der Waals surface area contributed by atoms with Gasteiger partial charge in [0.1, 0.15) is 6.21 Å². The molecule has 6 nitrogen and oxygen atoms in total. The van der Waals surface area contributed by atoms with E-state index in [1.54, 1.807) is 6.92 Å². The van der Waals surface area contributed by atoms with Gasteiger partial charge < -0.3 is 9.84 Å². The monoisotopic (exact) mass is 497 g/mol. The fourth-order valence-corrected chi connectivity index (χ4v) is 4.08. The molecule has 0 saturated carbocycles. The number of thiophene rings is 1. The van der Waals surface area contributed by atoms with Crippen molar-refractivity contribution in [3.63, 3.8) is 0 Å². The van der Waals surface area contributed by atoms with E-state index in [4.69, 9.17) is 4.52 Å². The first-order valence-electron chi connectivity index (χ1n) is 9.98. The fraction of sp³-hybridized carbons (Fsp3) is 0.273. The molecular formula is C22H18F5N4O2S+. The molecule has 0 fully saturated rings. The van der Waals surface area contributed by atoms with Gasteiger partial charge in [0.25, 0.3) is 11.8 Å². The van der Waals surface area contributed by atoms with Crippen LogP contribution in [0.4, 0.5) is 22.0 Å². The minimum Gasteiger partial charge on any atom is -0.355 e. The zero-order chi connectivity index (χ0) is 24.7. The molecule has 0 bridgehead atoms. The number of hydrazone groups is 1. The Morgan fingerprint density at radius 1 is 1.21 bits per heavy atom. The zero-order valence-electron chi connectivity index (χ0n) is 17.9. The highest BCUT2D eigenvalue weighted by Gasteiger charge is 2.37. The Labute approximate surface area is 194 Å². The Bertz CT molecular complexity index is 1270. The van der Waals surface area contributed by atoms with E-state index >= 15 is 0 Å². The van der Waals surface area contributed by atoms with Gasteiger partial charge in [-0.25, -0.2) is 8.78 Å². The summed E-state index contributed by atoms with van der Waals surface area (Å²) in [7, 11) is 0. The van der Waals surface area contributed by atoms with Crippen LogP contribution in [-0.4, -0.2) is 33.7 Å². The van der Waals surface area contributed by atoms with E-state index in [1.165, 1.54) is 28.3 Å². The Morgan fingerprint density at radius 3 is 2.62 bits per heavy atom. The van der Waals surface area contributed by atoms with Crippen molar-refractivity contribution in [3.8, 4) is 10.6 Å². The molecule has 1 atom stereocenters. The lowest BCUT2D eigenvalue weighted by Crippen LogP contribution is -2.40. The first-order valence-corrected chi connectivity index (χ1v) is 10.9. The summed E-state index contributed by atoms with van der Waals surface area (Å²) in [4.78, 5) is 13.4. The predicted octanol–water partition coefficient (Wildman–Crippen LogP) is 5.31. The van der Waals surface area contributed by atoms with Crippen molar-refractivity contribution in [2.75, 3.05) is 0 Å². The fourth-order valence-electron chi connectivity index (χ4n) is 3.41. The molecule has 1 aromatic carbocycles. The van der Waals surface area contributed by atoms with Crippen LogP contribution in [0, 0.1) is 0 Å². The van der Waals surface area contributed by atoms with E-state index in [0.29, 0.717) is 24.5 Å². The van der Waals surface area contributed by atoms with Crippen molar-refractivity contribution in [1.82, 2.24) is 10.5 Å². The third-order valence-corrected chi connectivity index (χ3v) is 6.12. The molecule has 1 aliphatic rings. The molecular weight excluding hydrogens is 479 g/mol. The molecule has 2 aromatic heterocycles. The number of hydrogen-bond donors (Lipinski definition) is 1. The Balaban J connectivity index is 1.52. The predicted molar refractivity (Wildman–Crippen MR) is 115 cm³/mol. The number of nitrogens with zero attached hydrogens (tertiary/aromatic N) is 3. The maximum absolute atomic E-state index is 14.1. The highest BCUT2D eigenvalue weighted by Crippen LogP contribution is 2.36. The number of nitrogens with one attached hydrogen (secondary N) is 1. The summed E-state index contributed by atoms with van der Waals surface area (Å²) in [6, 6.07) is 6.73. The molecule has 12 heteroatoms. The summed E-state index contributed by atoms with van der Waals surface area (Å²) in [5.74, 6) is -3.58. The first-order chi connectivity index (χ1) is 15.9. The van der Waals surface area contributed by atoms with Crippen LogP contribution < -0.4 is 5.32 Å². The van der Waals surface area contributed by atoms with Gasteiger partial charge in [-0.15, -0.1) is 11.3 Å². The van der Waals surface area contributed by atoms with Crippen molar-refractivity contribution < 1.29 is 36.0 Å². The average Bonchev–Trinajstić information content (AvgIpc) is 3.50. The maximum Gasteiger partial charge on any atom is 0.416 e. The lowest BCUT2D eigenvalue weighted by molar-refractivity contribution is -0.547. The third kappa shape index (κ3) is 4.91. The molecule has 1 unspecified atom stereocenters. The summed E-state index contributed by atoms with van der Waals surface area (Å²) in [6.07, 6.45) is -3.34. The lowest BCUT2D eigenvalue weighted by Gasteiger charge is -2.17. The van der Waals surface area contributed by atoms with Gasteiger partial charge in [-0.3, -0.25) is 4.79 Å². The standard InChI is InChI=1S/C22H17F5N4O2S/c1-12-17(29-20(32)16-9-18(33-30-16)19-4-3-7-34-19)10-28-31(12)11-13-5-6-14(22(25,26)27)8-15(13)21(2,23)24/h3-10,17H,11H2,1-2H3/p+1. The van der Waals surface area contributed by atoms with Crippen LogP contribution >= 0.6 is 11.3 Å². The van der Waals surface area contributed by atoms with Crippen LogP contribution in [0.1, 0.15) is 41.0 Å². The molecule has 3 aromatic rings. The summed E-state index contributed by atoms with van der Waals surface area (Å²) < 4.78 is 73.8. The van der Waals surface area contributed by atoms with Gasteiger partial charge in [0.05, 0.1) is 10.4 Å². The highest BCUT2D eigenvalue weighted by atomic mass is 32.1. The molecule has 1 N–H and O–H groups in total. The maximum atomic E-state index is 14.1. The molecule has 1 amide bonds. The molecule has 3 heterocycles. The van der Waals surface area contributed by atoms with Crippen molar-refractivity contribution in [3.05, 3.63) is 64.2 Å². The molecule has 0 radical (unpaired) electrons. The van der Waals surface area contributed by atoms with Gasteiger partial charge in [0.2, 0.25) is 5.71 Å². The van der Waals surface area contributed by atoms with Crippen LogP contribution in [-0.2, 0) is 18.6 Å². The van der Waals surface area contributed by atoms with Gasteiger partial charge in [0.15, 0.2) is 24.0 Å². The van der Waals surface area contributed by atoms with Crippen LogP contribution in [0.3, 0.4) is 0 Å². The van der Waals surface area contributed by atoms with Crippen LogP contribution in [0.25, 0.3) is 10.6 Å². The zero-order valence-corrected chi connectivity index (χ0v) is 18.7. The largest absolute Gasteiger partial charge is 0.416 e. The van der Waals surface area contributed by atoms with E-state index in [2.05, 4.69) is 15.6 Å². The van der Waals surface area contributed by atoms with Gasteiger partial charge in [-0.05, 0) is 28.7 Å². The second-order valence-electron chi connectivity index (χ2n) is 7.73. The Morgan fingerprint density at radius 2 is 1.97 bits per heavy atom. The lowest BCUT2D eigenvalue weighted by atomic mass is 9.99. The van der Waals surface area contributed by atoms with Gasteiger partial charge in [-0.2, -0.15) is 13.2 Å². The van der Waals surface area contributed by atoms with Crippen molar-refractivity contribution in [1.29, 1.82) is 0 Å². The van der Waals surface area contributed by atoms with Gasteiger partial charge in [0, 0.05) is 31.0 Å². The first kappa shape index (κ1) is 23.7. The molecule has 0 aliphatic carbocycles. The molecule has 0 spiro atoms. The van der Waals surface area contributed by atoms with E-state index in [1.807, 2.05) is 17.5 Å². The van der Waals surface area contributed by atoms with Crippen LogP contribution in [0.15, 0.2) is 51.4 Å². The van der Waals surface area contributed by atoms with E-state index < -0.39 is 35.2 Å². The number of benzene rings is 1. The van der Waals surface area contributed by atoms with Crippen LogP contribution in [0.2, 0.25) is 0 Å². The molecule has 1 aliphatic heterocycles. The Kier molecular flexibility index (Phi) is 6.11. The summed E-state index contributed by atoms with van der Waals surface area (Å²) >= 11 is 1.43. The summed E-state index contributed by atoms with van der Waals surface area (Å²) in [6.45, 7) is 1.98. The second kappa shape index (κ2) is 8.75. The number of rotatable bonds is 6. The Hall–Kier alpha value is -3.41. The second-order valence-corrected chi connectivity index (χ2v) is 8.67. The quantitative estimate of drug-likeness (QED) is 0.371. The number of halogens is 5. The molecule has 34 heavy (non-hydrogen) atoms. The SMILES string of the molecule is CC1=[N+](Cc2ccc(C(F)(F)F)cc2C(C)(F)F)N=CC1NC(=O)c1cc(-c2cccs2)on1. The molecule has 178 valence electrons. The summed E-state index contributed by atoms with van der Waals surface area (Å²) in [5, 5.41) is 12.5. The summed E-state index contributed by atoms with van der Waals surface area (Å²) in [5.41, 5.74) is -1.35. The number of alkyl halides is 5. The average molecular weight is 497 g/mol. The van der Waals surface area contributed by atoms with Gasteiger partial charge in [-0.1, -0.05) is 22.0 Å². The van der Waals surface area contributed by atoms with Crippen molar-refractivity contribution in [2.45, 2.75) is 38.5 Å². The van der Waals surface area contributed by atoms with E-state index in [9.17, 15) is 26.7 Å².